The van der Waals surface area contributed by atoms with Crippen LogP contribution in [0, 0.1) is 6.92 Å². The number of benzene rings is 2. The second-order valence-corrected chi connectivity index (χ2v) is 7.52. The molecule has 2 aromatic heterocycles. The summed E-state index contributed by atoms with van der Waals surface area (Å²) < 4.78 is 17.0. The Morgan fingerprint density at radius 2 is 1.81 bits per heavy atom. The van der Waals surface area contributed by atoms with Crippen molar-refractivity contribution in [3.8, 4) is 22.9 Å². The van der Waals surface area contributed by atoms with Gasteiger partial charge >= 0.3 is 0 Å². The molecule has 2 heterocycles. The van der Waals surface area contributed by atoms with Crippen LogP contribution in [0.4, 0.5) is 0 Å². The van der Waals surface area contributed by atoms with Crippen molar-refractivity contribution in [3.63, 3.8) is 0 Å². The van der Waals surface area contributed by atoms with Gasteiger partial charge in [-0.3, -0.25) is 0 Å². The summed E-state index contributed by atoms with van der Waals surface area (Å²) in [5.41, 5.74) is 4.05. The van der Waals surface area contributed by atoms with Gasteiger partial charge in [-0.1, -0.05) is 42.8 Å². The molecule has 0 bridgehead atoms. The SMILES string of the molecule is CCc1ccccc1-c1nnc(CCCOCC(O)c2nnc(-c3cccc(C)c3)o2)o1. The predicted octanol–water partition coefficient (Wildman–Crippen LogP) is 4.34. The Bertz CT molecular complexity index is 1150. The van der Waals surface area contributed by atoms with Crippen LogP contribution in [0.5, 0.6) is 0 Å². The van der Waals surface area contributed by atoms with Crippen molar-refractivity contribution in [2.75, 3.05) is 13.2 Å². The topological polar surface area (TPSA) is 107 Å². The molecule has 0 saturated carbocycles. The second-order valence-electron chi connectivity index (χ2n) is 7.52. The molecule has 0 radical (unpaired) electrons. The maximum atomic E-state index is 10.3. The molecule has 2 aromatic carbocycles. The molecule has 0 spiro atoms. The van der Waals surface area contributed by atoms with E-state index in [0.717, 1.165) is 23.1 Å². The highest BCUT2D eigenvalue weighted by atomic mass is 16.5. The molecule has 0 aliphatic heterocycles. The maximum absolute atomic E-state index is 10.3. The van der Waals surface area contributed by atoms with E-state index < -0.39 is 6.10 Å². The van der Waals surface area contributed by atoms with Crippen molar-refractivity contribution in [1.82, 2.24) is 20.4 Å². The maximum Gasteiger partial charge on any atom is 0.248 e. The van der Waals surface area contributed by atoms with Gasteiger partial charge in [0.2, 0.25) is 23.6 Å². The van der Waals surface area contributed by atoms with E-state index in [1.807, 2.05) is 49.4 Å². The summed E-state index contributed by atoms with van der Waals surface area (Å²) >= 11 is 0. The zero-order chi connectivity index (χ0) is 22.3. The average molecular weight is 434 g/mol. The third-order valence-corrected chi connectivity index (χ3v) is 5.04. The fourth-order valence-corrected chi connectivity index (χ4v) is 3.36. The first kappa shape index (κ1) is 21.9. The van der Waals surface area contributed by atoms with Crippen LogP contribution in [0.25, 0.3) is 22.9 Å². The number of rotatable bonds is 10. The van der Waals surface area contributed by atoms with E-state index in [4.69, 9.17) is 13.6 Å². The molecule has 0 aliphatic carbocycles. The molecule has 4 rings (SSSR count). The molecule has 1 unspecified atom stereocenters. The molecule has 0 saturated heterocycles. The van der Waals surface area contributed by atoms with Crippen LogP contribution in [-0.2, 0) is 17.6 Å². The van der Waals surface area contributed by atoms with Gasteiger partial charge in [0, 0.05) is 24.2 Å². The van der Waals surface area contributed by atoms with Crippen LogP contribution in [0.3, 0.4) is 0 Å². The molecule has 166 valence electrons. The number of hydrogen-bond acceptors (Lipinski definition) is 8. The monoisotopic (exact) mass is 434 g/mol. The molecule has 0 aliphatic rings. The van der Waals surface area contributed by atoms with E-state index >= 15 is 0 Å². The lowest BCUT2D eigenvalue weighted by Crippen LogP contribution is -2.09. The molecule has 32 heavy (non-hydrogen) atoms. The van der Waals surface area contributed by atoms with Gasteiger partial charge < -0.3 is 18.7 Å². The van der Waals surface area contributed by atoms with Crippen molar-refractivity contribution in [2.24, 2.45) is 0 Å². The summed E-state index contributed by atoms with van der Waals surface area (Å²) in [5.74, 6) is 1.61. The van der Waals surface area contributed by atoms with E-state index in [-0.39, 0.29) is 12.5 Å². The van der Waals surface area contributed by atoms with Gasteiger partial charge in [-0.25, -0.2) is 0 Å². The highest BCUT2D eigenvalue weighted by Gasteiger charge is 2.17. The van der Waals surface area contributed by atoms with E-state index in [1.165, 1.54) is 5.56 Å². The van der Waals surface area contributed by atoms with E-state index in [2.05, 4.69) is 33.4 Å². The Balaban J connectivity index is 1.23. The van der Waals surface area contributed by atoms with Crippen LogP contribution in [0.15, 0.2) is 57.4 Å². The fraction of sp³-hybridized carbons (Fsp3) is 0.333. The highest BCUT2D eigenvalue weighted by Crippen LogP contribution is 2.24. The molecule has 8 nitrogen and oxygen atoms in total. The zero-order valence-electron chi connectivity index (χ0n) is 18.2. The number of hydrogen-bond donors (Lipinski definition) is 1. The largest absolute Gasteiger partial charge is 0.421 e. The van der Waals surface area contributed by atoms with Crippen molar-refractivity contribution in [2.45, 2.75) is 39.2 Å². The molecule has 4 aromatic rings. The van der Waals surface area contributed by atoms with E-state index in [0.29, 0.717) is 37.1 Å². The van der Waals surface area contributed by atoms with Crippen molar-refractivity contribution in [1.29, 1.82) is 0 Å². The fourth-order valence-electron chi connectivity index (χ4n) is 3.36. The summed E-state index contributed by atoms with van der Waals surface area (Å²) in [5, 5.41) is 26.5. The summed E-state index contributed by atoms with van der Waals surface area (Å²) in [7, 11) is 0. The zero-order valence-corrected chi connectivity index (χ0v) is 18.2. The number of nitrogens with zero attached hydrogens (tertiary/aromatic N) is 4. The van der Waals surface area contributed by atoms with Gasteiger partial charge in [0.25, 0.3) is 0 Å². The van der Waals surface area contributed by atoms with Crippen LogP contribution < -0.4 is 0 Å². The minimum absolute atomic E-state index is 0.0639. The van der Waals surface area contributed by atoms with E-state index in [1.54, 1.807) is 0 Å². The molecule has 1 N–H and O–H groups in total. The van der Waals surface area contributed by atoms with Gasteiger partial charge in [-0.05, 0) is 43.5 Å². The Hall–Kier alpha value is -3.36. The van der Waals surface area contributed by atoms with Gasteiger partial charge in [0.1, 0.15) is 0 Å². The van der Waals surface area contributed by atoms with Crippen LogP contribution in [-0.4, -0.2) is 38.7 Å². The lowest BCUT2D eigenvalue weighted by atomic mass is 10.1. The summed E-state index contributed by atoms with van der Waals surface area (Å²) in [4.78, 5) is 0. The van der Waals surface area contributed by atoms with Gasteiger partial charge in [0.05, 0.1) is 6.61 Å². The van der Waals surface area contributed by atoms with Crippen LogP contribution in [0.1, 0.15) is 42.4 Å². The Morgan fingerprint density at radius 1 is 0.969 bits per heavy atom. The number of aromatic nitrogens is 4. The smallest absolute Gasteiger partial charge is 0.248 e. The van der Waals surface area contributed by atoms with Gasteiger partial charge in [-0.15, -0.1) is 20.4 Å². The summed E-state index contributed by atoms with van der Waals surface area (Å²) in [6.45, 7) is 4.58. The van der Waals surface area contributed by atoms with Gasteiger partial charge in [-0.2, -0.15) is 0 Å². The summed E-state index contributed by atoms with van der Waals surface area (Å²) in [6, 6.07) is 15.8. The predicted molar refractivity (Wildman–Crippen MR) is 118 cm³/mol. The highest BCUT2D eigenvalue weighted by molar-refractivity contribution is 5.58. The summed E-state index contributed by atoms with van der Waals surface area (Å²) in [6.07, 6.45) is 1.19. The normalized spacial score (nSPS) is 12.2. The molecule has 8 heteroatoms. The molecular weight excluding hydrogens is 408 g/mol. The Morgan fingerprint density at radius 3 is 2.66 bits per heavy atom. The number of ether oxygens (including phenoxy) is 1. The lowest BCUT2D eigenvalue weighted by Gasteiger charge is -2.07. The van der Waals surface area contributed by atoms with Crippen molar-refractivity contribution < 1.29 is 18.7 Å². The standard InChI is InChI=1S/C24H26N4O4/c1-3-17-9-4-5-11-19(17)23-27-25-21(31-23)12-7-13-30-15-20(29)24-28-26-22(32-24)18-10-6-8-16(2)14-18/h4-6,8-11,14,20,29H,3,7,12-13,15H2,1-2H3. The number of aliphatic hydroxyl groups excluding tert-OH is 1. The molecule has 1 atom stereocenters. The average Bonchev–Trinajstić information content (AvgIpc) is 3.49. The Kier molecular flexibility index (Phi) is 7.03. The quantitative estimate of drug-likeness (QED) is 0.367. The first-order valence-electron chi connectivity index (χ1n) is 10.7. The number of aliphatic hydroxyl groups is 1. The first-order chi connectivity index (χ1) is 15.6. The minimum Gasteiger partial charge on any atom is -0.421 e. The van der Waals surface area contributed by atoms with Gasteiger partial charge in [0.15, 0.2) is 6.10 Å². The molecular formula is C24H26N4O4. The first-order valence-corrected chi connectivity index (χ1v) is 10.7. The minimum atomic E-state index is -0.985. The van der Waals surface area contributed by atoms with E-state index in [9.17, 15) is 5.11 Å². The molecule has 0 fully saturated rings. The second kappa shape index (κ2) is 10.3. The molecule has 0 amide bonds. The Labute approximate surface area is 186 Å². The third-order valence-electron chi connectivity index (χ3n) is 5.04. The van der Waals surface area contributed by atoms with Crippen molar-refractivity contribution >= 4 is 0 Å². The lowest BCUT2D eigenvalue weighted by molar-refractivity contribution is 0.0213. The third kappa shape index (κ3) is 5.27. The van der Waals surface area contributed by atoms with Crippen LogP contribution >= 0.6 is 0 Å². The van der Waals surface area contributed by atoms with Crippen LogP contribution in [0.2, 0.25) is 0 Å². The number of aryl methyl sites for hydroxylation is 3. The van der Waals surface area contributed by atoms with Crippen molar-refractivity contribution in [3.05, 3.63) is 71.4 Å².